The molecule has 1 rings (SSSR count). The molecule has 0 atom stereocenters. The minimum absolute atomic E-state index is 0.435. The molecular weight excluding hydrogens is 198 g/mol. The number of nitrogen functional groups attached to an aromatic ring is 1. The van der Waals surface area contributed by atoms with Crippen molar-refractivity contribution in [2.45, 2.75) is 40.5 Å². The second kappa shape index (κ2) is 5.24. The van der Waals surface area contributed by atoms with E-state index in [0.29, 0.717) is 11.8 Å². The Balaban J connectivity index is 3.00. The van der Waals surface area contributed by atoms with Crippen molar-refractivity contribution in [1.29, 1.82) is 0 Å². The van der Waals surface area contributed by atoms with E-state index in [9.17, 15) is 0 Å². The van der Waals surface area contributed by atoms with Crippen LogP contribution in [0.1, 0.15) is 44.7 Å². The van der Waals surface area contributed by atoms with Crippen molar-refractivity contribution in [3.05, 3.63) is 23.3 Å². The third-order valence-electron chi connectivity index (χ3n) is 2.59. The van der Waals surface area contributed by atoms with Gasteiger partial charge >= 0.3 is 0 Å². The Morgan fingerprint density at radius 2 is 1.81 bits per heavy atom. The van der Waals surface area contributed by atoms with Crippen LogP contribution in [0.5, 0.6) is 5.75 Å². The second-order valence-corrected chi connectivity index (χ2v) is 5.11. The lowest BCUT2D eigenvalue weighted by Gasteiger charge is -2.17. The second-order valence-electron chi connectivity index (χ2n) is 5.11. The van der Waals surface area contributed by atoms with Crippen molar-refractivity contribution in [3.8, 4) is 5.75 Å². The molecular formula is C14H23NO. The van der Waals surface area contributed by atoms with Crippen LogP contribution in [0.3, 0.4) is 0 Å². The molecule has 0 saturated carbocycles. The summed E-state index contributed by atoms with van der Waals surface area (Å²) >= 11 is 0. The molecule has 0 heterocycles. The highest BCUT2D eigenvalue weighted by atomic mass is 16.5. The summed E-state index contributed by atoms with van der Waals surface area (Å²) in [5.74, 6) is 1.96. The summed E-state index contributed by atoms with van der Waals surface area (Å²) in [5, 5.41) is 0. The molecule has 1 aromatic rings. The smallest absolute Gasteiger partial charge is 0.123 e. The molecule has 0 fully saturated rings. The molecule has 0 spiro atoms. The van der Waals surface area contributed by atoms with Crippen molar-refractivity contribution in [1.82, 2.24) is 0 Å². The van der Waals surface area contributed by atoms with E-state index in [1.54, 1.807) is 0 Å². The van der Waals surface area contributed by atoms with Crippen LogP contribution in [0.2, 0.25) is 0 Å². The maximum atomic E-state index is 5.93. The highest BCUT2D eigenvalue weighted by molar-refractivity contribution is 5.55. The molecule has 0 aromatic heterocycles. The van der Waals surface area contributed by atoms with Gasteiger partial charge in [0.1, 0.15) is 5.75 Å². The first-order valence-electron chi connectivity index (χ1n) is 5.94. The van der Waals surface area contributed by atoms with Gasteiger partial charge < -0.3 is 10.5 Å². The van der Waals surface area contributed by atoms with Crippen LogP contribution in [0.25, 0.3) is 0 Å². The molecule has 2 heteroatoms. The quantitative estimate of drug-likeness (QED) is 0.786. The summed E-state index contributed by atoms with van der Waals surface area (Å²) in [5.41, 5.74) is 9.06. The van der Waals surface area contributed by atoms with E-state index in [0.717, 1.165) is 23.6 Å². The number of hydrogen-bond donors (Lipinski definition) is 1. The van der Waals surface area contributed by atoms with Gasteiger partial charge in [-0.15, -0.1) is 0 Å². The van der Waals surface area contributed by atoms with Crippen LogP contribution in [0, 0.1) is 12.8 Å². The number of ether oxygens (including phenoxy) is 1. The third kappa shape index (κ3) is 3.16. The van der Waals surface area contributed by atoms with Crippen LogP contribution in [0.15, 0.2) is 12.1 Å². The van der Waals surface area contributed by atoms with Crippen LogP contribution in [0.4, 0.5) is 5.69 Å². The van der Waals surface area contributed by atoms with Crippen LogP contribution >= 0.6 is 0 Å². The maximum absolute atomic E-state index is 5.93. The summed E-state index contributed by atoms with van der Waals surface area (Å²) in [7, 11) is 0. The molecule has 90 valence electrons. The Morgan fingerprint density at radius 1 is 1.19 bits per heavy atom. The standard InChI is InChI=1S/C14H23NO/c1-9(2)8-16-14-6-11(5)13(15)7-12(14)10(3)4/h6-7,9-10H,8,15H2,1-5H3. The van der Waals surface area contributed by atoms with Crippen molar-refractivity contribution in [2.24, 2.45) is 5.92 Å². The number of hydrogen-bond acceptors (Lipinski definition) is 2. The van der Waals surface area contributed by atoms with Gasteiger partial charge in [0.15, 0.2) is 0 Å². The van der Waals surface area contributed by atoms with Gasteiger partial charge in [-0.2, -0.15) is 0 Å². The fourth-order valence-electron chi connectivity index (χ4n) is 1.55. The van der Waals surface area contributed by atoms with Gasteiger partial charge in [0.25, 0.3) is 0 Å². The lowest BCUT2D eigenvalue weighted by molar-refractivity contribution is 0.267. The molecule has 16 heavy (non-hydrogen) atoms. The summed E-state index contributed by atoms with van der Waals surface area (Å²) in [4.78, 5) is 0. The molecule has 2 N–H and O–H groups in total. The third-order valence-corrected chi connectivity index (χ3v) is 2.59. The molecule has 0 aliphatic rings. The van der Waals surface area contributed by atoms with Gasteiger partial charge in [0.2, 0.25) is 0 Å². The van der Waals surface area contributed by atoms with E-state index in [4.69, 9.17) is 10.5 Å². The Kier molecular flexibility index (Phi) is 4.22. The zero-order valence-corrected chi connectivity index (χ0v) is 11.0. The Bertz CT molecular complexity index is 356. The van der Waals surface area contributed by atoms with Crippen molar-refractivity contribution in [3.63, 3.8) is 0 Å². The summed E-state index contributed by atoms with van der Waals surface area (Å²) in [6.07, 6.45) is 0. The van der Waals surface area contributed by atoms with Crippen molar-refractivity contribution in [2.75, 3.05) is 12.3 Å². The fraction of sp³-hybridized carbons (Fsp3) is 0.571. The zero-order valence-electron chi connectivity index (χ0n) is 11.0. The van der Waals surface area contributed by atoms with Gasteiger partial charge in [0, 0.05) is 5.69 Å². The average Bonchev–Trinajstić information content (AvgIpc) is 2.18. The zero-order chi connectivity index (χ0) is 12.3. The fourth-order valence-corrected chi connectivity index (χ4v) is 1.55. The van der Waals surface area contributed by atoms with E-state index in [2.05, 4.69) is 27.7 Å². The van der Waals surface area contributed by atoms with Gasteiger partial charge in [-0.3, -0.25) is 0 Å². The van der Waals surface area contributed by atoms with Crippen LogP contribution in [-0.2, 0) is 0 Å². The Labute approximate surface area is 98.8 Å². The Hall–Kier alpha value is -1.18. The normalized spacial score (nSPS) is 11.2. The predicted octanol–water partition coefficient (Wildman–Crippen LogP) is 3.74. The molecule has 0 unspecified atom stereocenters. The number of aryl methyl sites for hydroxylation is 1. The molecule has 1 aromatic carbocycles. The molecule has 0 aliphatic heterocycles. The molecule has 0 amide bonds. The number of anilines is 1. The SMILES string of the molecule is Cc1cc(OCC(C)C)c(C(C)C)cc1N. The number of benzene rings is 1. The topological polar surface area (TPSA) is 35.2 Å². The molecule has 0 aliphatic carbocycles. The average molecular weight is 221 g/mol. The largest absolute Gasteiger partial charge is 0.493 e. The lowest BCUT2D eigenvalue weighted by Crippen LogP contribution is -2.07. The molecule has 0 saturated heterocycles. The highest BCUT2D eigenvalue weighted by Gasteiger charge is 2.11. The van der Waals surface area contributed by atoms with Gasteiger partial charge in [-0.05, 0) is 42.0 Å². The highest BCUT2D eigenvalue weighted by Crippen LogP contribution is 2.31. The minimum atomic E-state index is 0.435. The predicted molar refractivity (Wildman–Crippen MR) is 70.0 cm³/mol. The Morgan fingerprint density at radius 3 is 2.31 bits per heavy atom. The van der Waals surface area contributed by atoms with Crippen LogP contribution in [-0.4, -0.2) is 6.61 Å². The first kappa shape index (κ1) is 12.9. The van der Waals surface area contributed by atoms with E-state index in [1.807, 2.05) is 19.1 Å². The van der Waals surface area contributed by atoms with Crippen molar-refractivity contribution < 1.29 is 4.74 Å². The number of nitrogens with two attached hydrogens (primary N) is 1. The molecule has 2 nitrogen and oxygen atoms in total. The van der Waals surface area contributed by atoms with E-state index in [-0.39, 0.29) is 0 Å². The van der Waals surface area contributed by atoms with Gasteiger partial charge in [-0.25, -0.2) is 0 Å². The van der Waals surface area contributed by atoms with Gasteiger partial charge in [0.05, 0.1) is 6.61 Å². The molecule has 0 radical (unpaired) electrons. The maximum Gasteiger partial charge on any atom is 0.123 e. The lowest BCUT2D eigenvalue weighted by atomic mass is 9.99. The first-order valence-corrected chi connectivity index (χ1v) is 5.94. The molecule has 0 bridgehead atoms. The van der Waals surface area contributed by atoms with E-state index < -0.39 is 0 Å². The summed E-state index contributed by atoms with van der Waals surface area (Å²) in [6, 6.07) is 4.09. The van der Waals surface area contributed by atoms with Crippen molar-refractivity contribution >= 4 is 5.69 Å². The number of rotatable bonds is 4. The monoisotopic (exact) mass is 221 g/mol. The summed E-state index contributed by atoms with van der Waals surface area (Å²) in [6.45, 7) is 11.4. The van der Waals surface area contributed by atoms with E-state index >= 15 is 0 Å². The first-order chi connectivity index (χ1) is 7.41. The summed E-state index contributed by atoms with van der Waals surface area (Å²) < 4.78 is 5.84. The van der Waals surface area contributed by atoms with Gasteiger partial charge in [-0.1, -0.05) is 27.7 Å². The van der Waals surface area contributed by atoms with Crippen LogP contribution < -0.4 is 10.5 Å². The minimum Gasteiger partial charge on any atom is -0.493 e. The van der Waals surface area contributed by atoms with E-state index in [1.165, 1.54) is 5.56 Å².